The van der Waals surface area contributed by atoms with Gasteiger partial charge in [-0.2, -0.15) is 0 Å². The first kappa shape index (κ1) is 16.0. The van der Waals surface area contributed by atoms with Crippen molar-refractivity contribution in [1.82, 2.24) is 9.38 Å². The molecular weight excluding hydrogens is 378 g/mol. The van der Waals surface area contributed by atoms with Gasteiger partial charge < -0.3 is 10.3 Å². The standard InChI is InChI=1S/C17H10ClN3O2S2/c18-9-6-7-11-12(8-9)21-14(20-15(11)22)13(25-17(21)24)16(23)19-10-4-2-1-3-5-10/h1-8H,(H,19,23)(H,20,22). The van der Waals surface area contributed by atoms with E-state index in [9.17, 15) is 9.59 Å². The number of aromatic amines is 1. The number of rotatable bonds is 2. The van der Waals surface area contributed by atoms with Crippen LogP contribution in [-0.2, 0) is 0 Å². The first-order valence-corrected chi connectivity index (χ1v) is 8.88. The molecule has 8 heteroatoms. The third-order valence-corrected chi connectivity index (χ3v) is 5.33. The van der Waals surface area contributed by atoms with Crippen LogP contribution in [0.4, 0.5) is 5.69 Å². The Hall–Kier alpha value is -2.48. The van der Waals surface area contributed by atoms with Gasteiger partial charge in [-0.05, 0) is 42.5 Å². The van der Waals surface area contributed by atoms with Crippen LogP contribution in [0.15, 0.2) is 53.3 Å². The molecule has 1 amide bonds. The third-order valence-electron chi connectivity index (χ3n) is 3.73. The molecule has 0 aliphatic rings. The monoisotopic (exact) mass is 387 g/mol. The molecule has 0 atom stereocenters. The van der Waals surface area contributed by atoms with Gasteiger partial charge in [-0.1, -0.05) is 41.1 Å². The van der Waals surface area contributed by atoms with Gasteiger partial charge in [0, 0.05) is 10.7 Å². The lowest BCUT2D eigenvalue weighted by atomic mass is 10.2. The van der Waals surface area contributed by atoms with Gasteiger partial charge in [0.25, 0.3) is 11.5 Å². The van der Waals surface area contributed by atoms with E-state index in [0.717, 1.165) is 11.3 Å². The van der Waals surface area contributed by atoms with Crippen molar-refractivity contribution in [2.75, 3.05) is 5.32 Å². The summed E-state index contributed by atoms with van der Waals surface area (Å²) in [5.74, 6) is -0.332. The minimum absolute atomic E-state index is 0.298. The molecule has 2 aromatic heterocycles. The second-order valence-electron chi connectivity index (χ2n) is 5.32. The van der Waals surface area contributed by atoms with E-state index in [2.05, 4.69) is 10.3 Å². The molecule has 0 bridgehead atoms. The molecule has 2 aromatic carbocycles. The summed E-state index contributed by atoms with van der Waals surface area (Å²) in [6, 6.07) is 14.0. The summed E-state index contributed by atoms with van der Waals surface area (Å²) in [6.07, 6.45) is 0. The van der Waals surface area contributed by atoms with Crippen LogP contribution < -0.4 is 10.9 Å². The van der Waals surface area contributed by atoms with E-state index in [1.54, 1.807) is 34.7 Å². The molecule has 124 valence electrons. The van der Waals surface area contributed by atoms with Gasteiger partial charge in [-0.25, -0.2) is 0 Å². The molecule has 4 rings (SSSR count). The number of benzene rings is 2. The number of carbonyl (C=O) groups is 1. The fraction of sp³-hybridized carbons (Fsp3) is 0. The van der Waals surface area contributed by atoms with Gasteiger partial charge in [0.2, 0.25) is 0 Å². The number of amides is 1. The van der Waals surface area contributed by atoms with Crippen LogP contribution in [0, 0.1) is 3.95 Å². The Morgan fingerprint density at radius 2 is 1.96 bits per heavy atom. The van der Waals surface area contributed by atoms with E-state index >= 15 is 0 Å². The highest BCUT2D eigenvalue weighted by Crippen LogP contribution is 2.25. The Morgan fingerprint density at radius 1 is 1.20 bits per heavy atom. The zero-order chi connectivity index (χ0) is 17.6. The molecule has 0 fully saturated rings. The van der Waals surface area contributed by atoms with E-state index in [1.807, 2.05) is 18.2 Å². The van der Waals surface area contributed by atoms with Crippen molar-refractivity contribution in [1.29, 1.82) is 0 Å². The fourth-order valence-corrected chi connectivity index (χ4v) is 4.07. The molecule has 0 saturated heterocycles. The van der Waals surface area contributed by atoms with E-state index in [4.69, 9.17) is 23.8 Å². The molecule has 0 unspecified atom stereocenters. The van der Waals surface area contributed by atoms with Crippen LogP contribution in [0.3, 0.4) is 0 Å². The van der Waals surface area contributed by atoms with Gasteiger partial charge in [0.15, 0.2) is 3.95 Å². The number of carbonyl (C=O) groups excluding carboxylic acids is 1. The van der Waals surface area contributed by atoms with E-state index < -0.39 is 0 Å². The number of anilines is 1. The number of thiazole rings is 1. The molecule has 25 heavy (non-hydrogen) atoms. The number of nitrogens with one attached hydrogen (secondary N) is 2. The minimum atomic E-state index is -0.332. The Balaban J connectivity index is 1.94. The lowest BCUT2D eigenvalue weighted by Gasteiger charge is -2.05. The predicted octanol–water partition coefficient (Wildman–Crippen LogP) is 4.48. The Bertz CT molecular complexity index is 1240. The number of halogens is 1. The fourth-order valence-electron chi connectivity index (χ4n) is 2.63. The van der Waals surface area contributed by atoms with Crippen molar-refractivity contribution in [3.8, 4) is 0 Å². The average Bonchev–Trinajstić information content (AvgIpc) is 2.92. The van der Waals surface area contributed by atoms with E-state index in [-0.39, 0.29) is 11.5 Å². The smallest absolute Gasteiger partial charge is 0.269 e. The summed E-state index contributed by atoms with van der Waals surface area (Å²) >= 11 is 12.6. The minimum Gasteiger partial charge on any atom is -0.321 e. The summed E-state index contributed by atoms with van der Waals surface area (Å²) in [5.41, 5.74) is 1.30. The maximum Gasteiger partial charge on any atom is 0.269 e. The zero-order valence-corrected chi connectivity index (χ0v) is 15.0. The average molecular weight is 388 g/mol. The summed E-state index contributed by atoms with van der Waals surface area (Å²) < 4.78 is 2.12. The quantitative estimate of drug-likeness (QED) is 0.498. The highest BCUT2D eigenvalue weighted by Gasteiger charge is 2.18. The molecule has 0 spiro atoms. The molecule has 0 radical (unpaired) electrons. The molecule has 4 aromatic rings. The van der Waals surface area contributed by atoms with Crippen LogP contribution in [0.2, 0.25) is 5.02 Å². The number of nitrogens with zero attached hydrogens (tertiary/aromatic N) is 1. The number of H-pyrrole nitrogens is 1. The highest BCUT2D eigenvalue weighted by molar-refractivity contribution is 7.73. The topological polar surface area (TPSA) is 66.4 Å². The number of fused-ring (bicyclic) bond motifs is 3. The van der Waals surface area contributed by atoms with E-state index in [1.165, 1.54) is 0 Å². The summed E-state index contributed by atoms with van der Waals surface area (Å²) in [7, 11) is 0. The van der Waals surface area contributed by atoms with Crippen LogP contribution >= 0.6 is 35.2 Å². The lowest BCUT2D eigenvalue weighted by molar-refractivity contribution is 0.103. The van der Waals surface area contributed by atoms with Crippen molar-refractivity contribution in [2.45, 2.75) is 0 Å². The normalized spacial score (nSPS) is 11.1. The predicted molar refractivity (Wildman–Crippen MR) is 104 cm³/mol. The van der Waals surface area contributed by atoms with Crippen LogP contribution in [0.1, 0.15) is 9.67 Å². The number of aromatic nitrogens is 2. The molecule has 5 nitrogen and oxygen atoms in total. The zero-order valence-electron chi connectivity index (χ0n) is 12.6. The molecule has 0 aliphatic carbocycles. The van der Waals surface area contributed by atoms with Gasteiger partial charge in [0.1, 0.15) is 10.5 Å². The Morgan fingerprint density at radius 3 is 2.72 bits per heavy atom. The molecule has 2 N–H and O–H groups in total. The second-order valence-corrected chi connectivity index (χ2v) is 7.40. The first-order chi connectivity index (χ1) is 12.0. The van der Waals surface area contributed by atoms with Crippen molar-refractivity contribution >= 4 is 63.3 Å². The number of hydrogen-bond acceptors (Lipinski definition) is 4. The maximum absolute atomic E-state index is 12.6. The molecule has 0 aliphatic heterocycles. The van der Waals surface area contributed by atoms with Crippen LogP contribution in [-0.4, -0.2) is 15.3 Å². The van der Waals surface area contributed by atoms with Crippen molar-refractivity contribution < 1.29 is 4.79 Å². The summed E-state index contributed by atoms with van der Waals surface area (Å²) in [6.45, 7) is 0. The molecule has 0 saturated carbocycles. The van der Waals surface area contributed by atoms with Gasteiger partial charge in [-0.3, -0.25) is 14.0 Å². The molecule has 2 heterocycles. The van der Waals surface area contributed by atoms with Gasteiger partial charge in [-0.15, -0.1) is 0 Å². The van der Waals surface area contributed by atoms with Crippen LogP contribution in [0.5, 0.6) is 0 Å². The first-order valence-electron chi connectivity index (χ1n) is 7.28. The number of para-hydroxylation sites is 1. The van der Waals surface area contributed by atoms with Gasteiger partial charge in [0.05, 0.1) is 10.9 Å². The highest BCUT2D eigenvalue weighted by atomic mass is 35.5. The Labute approximate surface area is 155 Å². The van der Waals surface area contributed by atoms with Crippen molar-refractivity contribution in [3.63, 3.8) is 0 Å². The van der Waals surface area contributed by atoms with E-state index in [0.29, 0.717) is 36.1 Å². The summed E-state index contributed by atoms with van der Waals surface area (Å²) in [5, 5.41) is 3.75. The van der Waals surface area contributed by atoms with Crippen molar-refractivity contribution in [2.24, 2.45) is 0 Å². The third kappa shape index (κ3) is 2.76. The largest absolute Gasteiger partial charge is 0.321 e. The number of hydrogen-bond donors (Lipinski definition) is 2. The molecular formula is C17H10ClN3O2S2. The summed E-state index contributed by atoms with van der Waals surface area (Å²) in [4.78, 5) is 28.1. The van der Waals surface area contributed by atoms with Crippen molar-refractivity contribution in [3.05, 3.63) is 72.7 Å². The van der Waals surface area contributed by atoms with Gasteiger partial charge >= 0.3 is 0 Å². The van der Waals surface area contributed by atoms with Crippen LogP contribution in [0.25, 0.3) is 16.6 Å². The Kier molecular flexibility index (Phi) is 3.91. The maximum atomic E-state index is 12.6. The lowest BCUT2D eigenvalue weighted by Crippen LogP contribution is -2.14. The second kappa shape index (κ2) is 6.11. The SMILES string of the molecule is O=C(Nc1ccccc1)c1sc(=S)n2c1[nH]c(=O)c1ccc(Cl)cc12.